The summed E-state index contributed by atoms with van der Waals surface area (Å²) >= 11 is 0. The fraction of sp³-hybridized carbons (Fsp3) is 0.538. The average molecular weight is 207 g/mol. The maximum Gasteiger partial charge on any atom is 0.0756 e. The van der Waals surface area contributed by atoms with Crippen LogP contribution in [0.3, 0.4) is 0 Å². The summed E-state index contributed by atoms with van der Waals surface area (Å²) in [6, 6.07) is 10.3. The lowest BCUT2D eigenvalue weighted by Gasteiger charge is -2.25. The van der Waals surface area contributed by atoms with Crippen molar-refractivity contribution >= 4 is 0 Å². The molecule has 0 radical (unpaired) electrons. The van der Waals surface area contributed by atoms with Crippen molar-refractivity contribution in [3.63, 3.8) is 0 Å². The van der Waals surface area contributed by atoms with Gasteiger partial charge in [0.15, 0.2) is 0 Å². The minimum absolute atomic E-state index is 0.130. The van der Waals surface area contributed by atoms with Gasteiger partial charge in [0.1, 0.15) is 0 Å². The van der Waals surface area contributed by atoms with E-state index in [2.05, 4.69) is 31.3 Å². The van der Waals surface area contributed by atoms with Crippen molar-refractivity contribution in [3.05, 3.63) is 35.9 Å². The first-order chi connectivity index (χ1) is 7.16. The second-order valence-corrected chi connectivity index (χ2v) is 4.04. The number of hydrogen-bond donors (Lipinski definition) is 2. The summed E-state index contributed by atoms with van der Waals surface area (Å²) < 4.78 is 0. The second-order valence-electron chi connectivity index (χ2n) is 4.04. The quantitative estimate of drug-likeness (QED) is 0.775. The molecule has 0 amide bonds. The number of aliphatic hydroxyl groups excluding tert-OH is 1. The van der Waals surface area contributed by atoms with E-state index < -0.39 is 0 Å². The van der Waals surface area contributed by atoms with Crippen LogP contribution in [0.25, 0.3) is 0 Å². The molecule has 1 aromatic rings. The van der Waals surface area contributed by atoms with E-state index in [1.807, 2.05) is 25.1 Å². The van der Waals surface area contributed by atoms with Crippen LogP contribution in [0.1, 0.15) is 32.3 Å². The maximum atomic E-state index is 10.1. The summed E-state index contributed by atoms with van der Waals surface area (Å²) in [6.07, 6.45) is -0.340. The van der Waals surface area contributed by atoms with Crippen molar-refractivity contribution < 1.29 is 5.11 Å². The number of nitrogens with one attached hydrogen (secondary N) is 1. The lowest BCUT2D eigenvalue weighted by atomic mass is 9.91. The van der Waals surface area contributed by atoms with Gasteiger partial charge < -0.3 is 10.4 Å². The smallest absolute Gasteiger partial charge is 0.0756 e. The van der Waals surface area contributed by atoms with Crippen molar-refractivity contribution in [2.24, 2.45) is 0 Å². The Morgan fingerprint density at radius 1 is 1.20 bits per heavy atom. The largest absolute Gasteiger partial charge is 0.391 e. The molecule has 0 spiro atoms. The molecule has 0 aliphatic heterocycles. The highest BCUT2D eigenvalue weighted by Crippen LogP contribution is 2.20. The van der Waals surface area contributed by atoms with Gasteiger partial charge in [-0.3, -0.25) is 0 Å². The van der Waals surface area contributed by atoms with Gasteiger partial charge in [-0.25, -0.2) is 0 Å². The van der Waals surface area contributed by atoms with E-state index in [4.69, 9.17) is 0 Å². The van der Waals surface area contributed by atoms with Crippen molar-refractivity contribution in [2.45, 2.75) is 38.8 Å². The first-order valence-corrected chi connectivity index (χ1v) is 5.63. The summed E-state index contributed by atoms with van der Waals surface area (Å²) in [5.74, 6) is 0.167. The van der Waals surface area contributed by atoms with Crippen molar-refractivity contribution in [1.82, 2.24) is 5.32 Å². The molecule has 0 fully saturated rings. The topological polar surface area (TPSA) is 32.3 Å². The SMILES string of the molecule is CCNC(C)C(O)C(C)c1ccccc1. The standard InChI is InChI=1S/C13H21NO/c1-4-14-11(3)13(15)10(2)12-8-6-5-7-9-12/h5-11,13-15H,4H2,1-3H3. The lowest BCUT2D eigenvalue weighted by molar-refractivity contribution is 0.112. The van der Waals surface area contributed by atoms with Crippen molar-refractivity contribution in [2.75, 3.05) is 6.54 Å². The Balaban J connectivity index is 2.64. The van der Waals surface area contributed by atoms with E-state index in [9.17, 15) is 5.11 Å². The molecule has 3 unspecified atom stereocenters. The van der Waals surface area contributed by atoms with Crippen LogP contribution < -0.4 is 5.32 Å². The first-order valence-electron chi connectivity index (χ1n) is 5.63. The first kappa shape index (κ1) is 12.2. The summed E-state index contributed by atoms with van der Waals surface area (Å²) in [5, 5.41) is 13.4. The molecule has 0 saturated heterocycles. The molecule has 1 aromatic carbocycles. The van der Waals surface area contributed by atoms with Crippen LogP contribution in [-0.4, -0.2) is 23.8 Å². The Morgan fingerprint density at radius 3 is 2.33 bits per heavy atom. The zero-order chi connectivity index (χ0) is 11.3. The highest BCUT2D eigenvalue weighted by Gasteiger charge is 2.21. The molecular weight excluding hydrogens is 186 g/mol. The van der Waals surface area contributed by atoms with Crippen molar-refractivity contribution in [1.29, 1.82) is 0 Å². The molecule has 0 aromatic heterocycles. The van der Waals surface area contributed by atoms with E-state index in [1.165, 1.54) is 5.56 Å². The molecule has 0 heterocycles. The van der Waals surface area contributed by atoms with Crippen molar-refractivity contribution in [3.8, 4) is 0 Å². The fourth-order valence-corrected chi connectivity index (χ4v) is 1.83. The molecular formula is C13H21NO. The minimum Gasteiger partial charge on any atom is -0.391 e. The lowest BCUT2D eigenvalue weighted by Crippen LogP contribution is -2.40. The molecule has 0 aliphatic carbocycles. The van der Waals surface area contributed by atoms with Crippen LogP contribution in [0, 0.1) is 0 Å². The summed E-state index contributed by atoms with van der Waals surface area (Å²) in [6.45, 7) is 7.03. The Labute approximate surface area is 92.3 Å². The minimum atomic E-state index is -0.340. The zero-order valence-electron chi connectivity index (χ0n) is 9.77. The molecule has 2 heteroatoms. The predicted molar refractivity (Wildman–Crippen MR) is 64.0 cm³/mol. The van der Waals surface area contributed by atoms with E-state index in [1.54, 1.807) is 0 Å². The number of likely N-dealkylation sites (N-methyl/N-ethyl adjacent to an activating group) is 1. The summed E-state index contributed by atoms with van der Waals surface area (Å²) in [7, 11) is 0. The van der Waals surface area contributed by atoms with Gasteiger partial charge in [-0.1, -0.05) is 44.2 Å². The van der Waals surface area contributed by atoms with E-state index in [0.717, 1.165) is 6.54 Å². The molecule has 1 rings (SSSR count). The third kappa shape index (κ3) is 3.33. The molecule has 2 nitrogen and oxygen atoms in total. The van der Waals surface area contributed by atoms with Gasteiger partial charge in [0, 0.05) is 12.0 Å². The Kier molecular flexibility index (Phi) is 4.79. The van der Waals surface area contributed by atoms with Crippen LogP contribution in [0.15, 0.2) is 30.3 Å². The van der Waals surface area contributed by atoms with Crippen LogP contribution in [0.4, 0.5) is 0 Å². The molecule has 0 saturated carbocycles. The number of benzene rings is 1. The second kappa shape index (κ2) is 5.89. The molecule has 3 atom stereocenters. The normalized spacial score (nSPS) is 17.1. The van der Waals surface area contributed by atoms with Crippen LogP contribution >= 0.6 is 0 Å². The third-order valence-electron chi connectivity index (χ3n) is 2.88. The number of aliphatic hydroxyl groups is 1. The number of rotatable bonds is 5. The molecule has 0 bridgehead atoms. The van der Waals surface area contributed by atoms with Gasteiger partial charge in [-0.15, -0.1) is 0 Å². The molecule has 2 N–H and O–H groups in total. The van der Waals surface area contributed by atoms with Gasteiger partial charge in [0.25, 0.3) is 0 Å². The fourth-order valence-electron chi connectivity index (χ4n) is 1.83. The molecule has 84 valence electrons. The van der Waals surface area contributed by atoms with Gasteiger partial charge in [0.05, 0.1) is 6.10 Å². The molecule has 15 heavy (non-hydrogen) atoms. The van der Waals surface area contributed by atoms with Crippen LogP contribution in [-0.2, 0) is 0 Å². The van der Waals surface area contributed by atoms with Crippen LogP contribution in [0.2, 0.25) is 0 Å². The van der Waals surface area contributed by atoms with Gasteiger partial charge in [-0.05, 0) is 19.0 Å². The average Bonchev–Trinajstić information content (AvgIpc) is 2.28. The summed E-state index contributed by atoms with van der Waals surface area (Å²) in [5.41, 5.74) is 1.19. The van der Waals surface area contributed by atoms with Gasteiger partial charge in [0.2, 0.25) is 0 Å². The Bertz CT molecular complexity index is 273. The monoisotopic (exact) mass is 207 g/mol. The van der Waals surface area contributed by atoms with Gasteiger partial charge >= 0.3 is 0 Å². The predicted octanol–water partition coefficient (Wildman–Crippen LogP) is 2.15. The zero-order valence-corrected chi connectivity index (χ0v) is 9.77. The van der Waals surface area contributed by atoms with E-state index in [-0.39, 0.29) is 18.1 Å². The molecule has 0 aliphatic rings. The maximum absolute atomic E-state index is 10.1. The Hall–Kier alpha value is -0.860. The van der Waals surface area contributed by atoms with Crippen LogP contribution in [0.5, 0.6) is 0 Å². The highest BCUT2D eigenvalue weighted by molar-refractivity contribution is 5.20. The number of hydrogen-bond acceptors (Lipinski definition) is 2. The highest BCUT2D eigenvalue weighted by atomic mass is 16.3. The Morgan fingerprint density at radius 2 is 1.80 bits per heavy atom. The van der Waals surface area contributed by atoms with E-state index in [0.29, 0.717) is 0 Å². The van der Waals surface area contributed by atoms with Gasteiger partial charge in [-0.2, -0.15) is 0 Å². The summed E-state index contributed by atoms with van der Waals surface area (Å²) in [4.78, 5) is 0. The third-order valence-corrected chi connectivity index (χ3v) is 2.88. The van der Waals surface area contributed by atoms with E-state index >= 15 is 0 Å².